The number of nitrogens with one attached hydrogen (secondary N) is 3. The molecule has 2 aliphatic rings. The maximum atomic E-state index is 13.2. The second-order valence-corrected chi connectivity index (χ2v) is 11.3. The highest BCUT2D eigenvalue weighted by Gasteiger charge is 2.33. The average Bonchev–Trinajstić information content (AvgIpc) is 2.96. The summed E-state index contributed by atoms with van der Waals surface area (Å²) in [6.07, 6.45) is 9.08. The summed E-state index contributed by atoms with van der Waals surface area (Å²) in [5, 5.41) is 8.94. The van der Waals surface area contributed by atoms with Crippen LogP contribution in [0, 0.1) is 5.92 Å². The van der Waals surface area contributed by atoms with Crippen LogP contribution in [0.4, 0.5) is 0 Å². The number of nitrogens with zero attached hydrogens (tertiary/aromatic N) is 2. The summed E-state index contributed by atoms with van der Waals surface area (Å²) < 4.78 is 5.81. The van der Waals surface area contributed by atoms with Crippen molar-refractivity contribution in [3.05, 3.63) is 47.8 Å². The highest BCUT2D eigenvalue weighted by atomic mass is 16.5. The molecule has 1 aromatic carbocycles. The Morgan fingerprint density at radius 3 is 2.59 bits per heavy atom. The van der Waals surface area contributed by atoms with Gasteiger partial charge < -0.3 is 15.4 Å². The van der Waals surface area contributed by atoms with Crippen molar-refractivity contribution in [3.63, 3.8) is 0 Å². The topological polar surface area (TPSA) is 130 Å². The number of fused-ring (bicyclic) bond motifs is 4. The van der Waals surface area contributed by atoms with Crippen LogP contribution >= 0.6 is 0 Å². The first kappa shape index (κ1) is 30.2. The van der Waals surface area contributed by atoms with Gasteiger partial charge in [-0.3, -0.25) is 29.2 Å². The minimum Gasteiger partial charge on any atom is -0.457 e. The summed E-state index contributed by atoms with van der Waals surface area (Å²) in [6.45, 7) is 7.53. The number of hydrazine groups is 1. The van der Waals surface area contributed by atoms with Crippen molar-refractivity contribution in [3.8, 4) is 0 Å². The van der Waals surface area contributed by atoms with Gasteiger partial charge in [-0.2, -0.15) is 0 Å². The summed E-state index contributed by atoms with van der Waals surface area (Å²) in [7, 11) is 0. The third kappa shape index (κ3) is 7.91. The normalized spacial score (nSPS) is 25.6. The number of amides is 3. The standard InChI is InChI=1S/C31H41N5O5/c1-19(2)28-29(38)33-20(3)30(39)36-15-9-11-26(35-36)31(40)41-21(4)22-13-14-23-18-32-25(17-24(23)16-22)10-7-5-6-8-12-27(37)34-28/h7,10,13-14,16-21,26,28,35H,5-6,8-9,11-12,15H2,1-4H3,(H,33,38)(H,34,37)/t20-,21+,26-,28-/m0/s1. The Balaban J connectivity index is 1.56. The highest BCUT2D eigenvalue weighted by molar-refractivity contribution is 5.92. The largest absolute Gasteiger partial charge is 0.457 e. The lowest BCUT2D eigenvalue weighted by Crippen LogP contribution is -2.61. The Morgan fingerprint density at radius 1 is 1.00 bits per heavy atom. The molecule has 1 fully saturated rings. The molecule has 5 bridgehead atoms. The summed E-state index contributed by atoms with van der Waals surface area (Å²) in [5.41, 5.74) is 4.68. The van der Waals surface area contributed by atoms with Crippen LogP contribution < -0.4 is 16.1 Å². The van der Waals surface area contributed by atoms with E-state index in [2.05, 4.69) is 21.0 Å². The third-order valence-corrected chi connectivity index (χ3v) is 7.57. The molecule has 0 aliphatic carbocycles. The van der Waals surface area contributed by atoms with E-state index in [1.165, 1.54) is 5.01 Å². The van der Waals surface area contributed by atoms with E-state index in [4.69, 9.17) is 4.74 Å². The summed E-state index contributed by atoms with van der Waals surface area (Å²) in [4.78, 5) is 56.5. The number of ether oxygens (including phenoxy) is 1. The van der Waals surface area contributed by atoms with Gasteiger partial charge in [-0.05, 0) is 81.0 Å². The quantitative estimate of drug-likeness (QED) is 0.453. The molecule has 0 unspecified atom stereocenters. The molecule has 10 nitrogen and oxygen atoms in total. The molecule has 3 amide bonds. The number of esters is 1. The minimum absolute atomic E-state index is 0.165. The second-order valence-electron chi connectivity index (χ2n) is 11.3. The van der Waals surface area contributed by atoms with Crippen LogP contribution in [-0.4, -0.2) is 58.4 Å². The van der Waals surface area contributed by atoms with Crippen molar-refractivity contribution in [2.45, 2.75) is 90.4 Å². The molecule has 2 aliphatic heterocycles. The number of carbonyl (C=O) groups is 4. The number of hydrogen-bond acceptors (Lipinski definition) is 7. The molecule has 1 saturated heterocycles. The molecule has 4 atom stereocenters. The average molecular weight is 564 g/mol. The van der Waals surface area contributed by atoms with Gasteiger partial charge in [0.1, 0.15) is 24.2 Å². The fraction of sp³-hybridized carbons (Fsp3) is 0.516. The zero-order chi connectivity index (χ0) is 29.5. The number of aromatic nitrogens is 1. The van der Waals surface area contributed by atoms with Crippen LogP contribution in [0.2, 0.25) is 0 Å². The lowest BCUT2D eigenvalue weighted by molar-refractivity contribution is -0.157. The van der Waals surface area contributed by atoms with Gasteiger partial charge in [0, 0.05) is 24.5 Å². The zero-order valence-electron chi connectivity index (χ0n) is 24.3. The lowest BCUT2D eigenvalue weighted by Gasteiger charge is -2.35. The lowest BCUT2D eigenvalue weighted by atomic mass is 10.0. The Labute approximate surface area is 241 Å². The van der Waals surface area contributed by atoms with Crippen molar-refractivity contribution in [2.24, 2.45) is 5.92 Å². The Morgan fingerprint density at radius 2 is 1.80 bits per heavy atom. The minimum atomic E-state index is -0.851. The number of allylic oxidation sites excluding steroid dienone is 1. The van der Waals surface area contributed by atoms with Gasteiger partial charge in [-0.1, -0.05) is 32.1 Å². The molecule has 2 aromatic rings. The Hall–Kier alpha value is -3.79. The molecule has 41 heavy (non-hydrogen) atoms. The van der Waals surface area contributed by atoms with Crippen LogP contribution in [0.3, 0.4) is 0 Å². The predicted molar refractivity (Wildman–Crippen MR) is 156 cm³/mol. The molecular formula is C31H41N5O5. The molecule has 220 valence electrons. The number of pyridine rings is 1. The van der Waals surface area contributed by atoms with Crippen molar-refractivity contribution in [2.75, 3.05) is 6.54 Å². The van der Waals surface area contributed by atoms with Gasteiger partial charge in [-0.15, -0.1) is 0 Å². The van der Waals surface area contributed by atoms with E-state index >= 15 is 0 Å². The van der Waals surface area contributed by atoms with E-state index in [9.17, 15) is 19.2 Å². The monoisotopic (exact) mass is 563 g/mol. The van der Waals surface area contributed by atoms with Crippen LogP contribution in [0.15, 0.2) is 36.5 Å². The van der Waals surface area contributed by atoms with E-state index < -0.39 is 36.1 Å². The van der Waals surface area contributed by atoms with Crippen LogP contribution in [0.1, 0.15) is 83.6 Å². The summed E-state index contributed by atoms with van der Waals surface area (Å²) in [6, 6.07) is 5.59. The van der Waals surface area contributed by atoms with Crippen LogP contribution in [0.25, 0.3) is 16.8 Å². The van der Waals surface area contributed by atoms with E-state index in [1.54, 1.807) is 6.92 Å². The smallest absolute Gasteiger partial charge is 0.325 e. The second kappa shape index (κ2) is 13.7. The maximum absolute atomic E-state index is 13.2. The van der Waals surface area contributed by atoms with Crippen molar-refractivity contribution in [1.29, 1.82) is 0 Å². The van der Waals surface area contributed by atoms with Crippen LogP contribution in [0.5, 0.6) is 0 Å². The van der Waals surface area contributed by atoms with Gasteiger partial charge in [0.2, 0.25) is 11.8 Å². The van der Waals surface area contributed by atoms with Crippen molar-refractivity contribution < 1.29 is 23.9 Å². The van der Waals surface area contributed by atoms with Gasteiger partial charge in [0.05, 0.1) is 5.69 Å². The number of rotatable bonds is 1. The Bertz CT molecular complexity index is 1310. The van der Waals surface area contributed by atoms with Gasteiger partial charge in [-0.25, -0.2) is 5.43 Å². The highest BCUT2D eigenvalue weighted by Crippen LogP contribution is 2.24. The van der Waals surface area contributed by atoms with Gasteiger partial charge in [0.15, 0.2) is 0 Å². The SMILES string of the molecule is CC(C)[C@@H]1NC(=O)CCCCC=Cc2cc3cc(ccc3cn2)[C@@H](C)OC(=O)[C@@H]2CCCN(N2)C(=O)[C@H](C)NC1=O. The number of carbonyl (C=O) groups excluding carboxylic acids is 4. The van der Waals surface area contributed by atoms with E-state index in [-0.39, 0.29) is 17.7 Å². The first-order chi connectivity index (χ1) is 19.6. The summed E-state index contributed by atoms with van der Waals surface area (Å²) >= 11 is 0. The van der Waals surface area contributed by atoms with E-state index in [0.717, 1.165) is 34.9 Å². The number of cyclic esters (lactones) is 1. The van der Waals surface area contributed by atoms with Crippen molar-refractivity contribution >= 4 is 40.5 Å². The fourth-order valence-electron chi connectivity index (χ4n) is 5.09. The maximum Gasteiger partial charge on any atom is 0.325 e. The van der Waals surface area contributed by atoms with E-state index in [0.29, 0.717) is 32.2 Å². The van der Waals surface area contributed by atoms with Gasteiger partial charge >= 0.3 is 5.97 Å². The molecule has 0 spiro atoms. The molecule has 0 saturated carbocycles. The molecule has 3 N–H and O–H groups in total. The van der Waals surface area contributed by atoms with E-state index in [1.807, 2.05) is 63.4 Å². The molecule has 0 radical (unpaired) electrons. The zero-order valence-corrected chi connectivity index (χ0v) is 24.3. The number of benzene rings is 1. The van der Waals surface area contributed by atoms with Crippen molar-refractivity contribution in [1.82, 2.24) is 26.1 Å². The fourth-order valence-corrected chi connectivity index (χ4v) is 5.09. The van der Waals surface area contributed by atoms with Crippen LogP contribution in [-0.2, 0) is 23.9 Å². The Kier molecular flexibility index (Phi) is 10.1. The third-order valence-electron chi connectivity index (χ3n) is 7.57. The molecular weight excluding hydrogens is 522 g/mol. The molecule has 10 heteroatoms. The number of hydrogen-bond donors (Lipinski definition) is 3. The first-order valence-corrected chi connectivity index (χ1v) is 14.6. The molecule has 3 heterocycles. The predicted octanol–water partition coefficient (Wildman–Crippen LogP) is 3.57. The first-order valence-electron chi connectivity index (χ1n) is 14.6. The molecule has 4 rings (SSSR count). The molecule has 1 aromatic heterocycles. The van der Waals surface area contributed by atoms with Gasteiger partial charge in [0.25, 0.3) is 5.91 Å². The summed E-state index contributed by atoms with van der Waals surface area (Å²) in [5.74, 6) is -1.58.